The highest BCUT2D eigenvalue weighted by Crippen LogP contribution is 2.39. The minimum Gasteiger partial charge on any atom is -0.494 e. The van der Waals surface area contributed by atoms with Gasteiger partial charge in [-0.15, -0.1) is 0 Å². The summed E-state index contributed by atoms with van der Waals surface area (Å²) < 4.78 is 40.0. The number of carbonyl (C=O) groups is 1. The maximum Gasteiger partial charge on any atom is 0.304 e. The lowest BCUT2D eigenvalue weighted by molar-refractivity contribution is -0.137. The normalized spacial score (nSPS) is 17.5. The molecule has 4 rings (SSSR count). The van der Waals surface area contributed by atoms with Gasteiger partial charge in [-0.25, -0.2) is 8.42 Å². The maximum absolute atomic E-state index is 13.6. The Labute approximate surface area is 223 Å². The predicted molar refractivity (Wildman–Crippen MR) is 146 cm³/mol. The second-order valence-electron chi connectivity index (χ2n) is 9.45. The molecule has 0 saturated carbocycles. The van der Waals surface area contributed by atoms with Crippen LogP contribution in [0.4, 0.5) is 11.4 Å². The Hall–Kier alpha value is -3.76. The van der Waals surface area contributed by atoms with Crippen molar-refractivity contribution in [1.82, 2.24) is 4.31 Å². The molecule has 4 N–H and O–H groups in total. The van der Waals surface area contributed by atoms with Crippen LogP contribution in [0.25, 0.3) is 0 Å². The Kier molecular flexibility index (Phi) is 7.84. The number of nitrogens with two attached hydrogens (primary N) is 1. The summed E-state index contributed by atoms with van der Waals surface area (Å²) in [6, 6.07) is 15.8. The van der Waals surface area contributed by atoms with Gasteiger partial charge in [-0.05, 0) is 60.4 Å². The molecule has 2 unspecified atom stereocenters. The first-order valence-corrected chi connectivity index (χ1v) is 13.7. The first-order chi connectivity index (χ1) is 18.0. The average Bonchev–Trinajstić information content (AvgIpc) is 2.96. The third-order valence-electron chi connectivity index (χ3n) is 6.78. The van der Waals surface area contributed by atoms with Crippen molar-refractivity contribution in [3.8, 4) is 11.5 Å². The number of methoxy groups -OCH3 is 1. The van der Waals surface area contributed by atoms with E-state index in [-0.39, 0.29) is 30.5 Å². The Balaban J connectivity index is 1.76. The van der Waals surface area contributed by atoms with Crippen molar-refractivity contribution < 1.29 is 27.8 Å². The van der Waals surface area contributed by atoms with Crippen LogP contribution in [0, 0.1) is 6.92 Å². The fourth-order valence-corrected chi connectivity index (χ4v) is 6.46. The molecule has 0 aliphatic carbocycles. The van der Waals surface area contributed by atoms with Crippen LogP contribution in [0.2, 0.25) is 0 Å². The van der Waals surface area contributed by atoms with Gasteiger partial charge in [0.2, 0.25) is 10.0 Å². The Morgan fingerprint density at radius 3 is 2.63 bits per heavy atom. The summed E-state index contributed by atoms with van der Waals surface area (Å²) >= 11 is 0. The number of aryl methyl sites for hydroxylation is 1. The highest BCUT2D eigenvalue weighted by Gasteiger charge is 2.33. The molecule has 0 fully saturated rings. The van der Waals surface area contributed by atoms with E-state index in [0.717, 1.165) is 16.7 Å². The quantitative estimate of drug-likeness (QED) is 0.363. The van der Waals surface area contributed by atoms with E-state index in [0.29, 0.717) is 28.4 Å². The molecule has 38 heavy (non-hydrogen) atoms. The number of anilines is 2. The second kappa shape index (κ2) is 10.9. The van der Waals surface area contributed by atoms with E-state index < -0.39 is 21.9 Å². The zero-order valence-electron chi connectivity index (χ0n) is 21.9. The van der Waals surface area contributed by atoms with Crippen LogP contribution in [-0.2, 0) is 21.4 Å². The standard InChI is InChI=1S/C28H33N3O6S/c1-17-9-10-19(22(14-27(32)33)20-12-23(29)28(30-3)25(13-20)36-4)11-21(17)16-31-15-18(2)37-24-7-5-6-8-26(24)38(31,34)35/h5-13,18,22,30H,14-16,29H2,1-4H3,(H,32,33). The molecule has 202 valence electrons. The second-order valence-corrected chi connectivity index (χ2v) is 11.4. The number of nitrogen functional groups attached to an aromatic ring is 1. The monoisotopic (exact) mass is 539 g/mol. The summed E-state index contributed by atoms with van der Waals surface area (Å²) in [5, 5.41) is 12.7. The lowest BCUT2D eigenvalue weighted by Crippen LogP contribution is -2.35. The van der Waals surface area contributed by atoms with Crippen molar-refractivity contribution in [3.05, 3.63) is 76.9 Å². The number of aliphatic carboxylic acids is 1. The number of para-hydroxylation sites is 1. The smallest absolute Gasteiger partial charge is 0.304 e. The summed E-state index contributed by atoms with van der Waals surface area (Å²) in [5.74, 6) is -0.651. The molecular weight excluding hydrogens is 506 g/mol. The number of hydrogen-bond donors (Lipinski definition) is 3. The molecule has 1 aliphatic rings. The lowest BCUT2D eigenvalue weighted by Gasteiger charge is -2.24. The SMILES string of the molecule is CNc1c(N)cc(C(CC(=O)O)c2ccc(C)c(CN3CC(C)Oc4ccccc4S3(=O)=O)c2)cc1OC. The van der Waals surface area contributed by atoms with Gasteiger partial charge in [-0.2, -0.15) is 4.31 Å². The molecule has 0 saturated heterocycles. The zero-order valence-corrected chi connectivity index (χ0v) is 22.7. The highest BCUT2D eigenvalue weighted by atomic mass is 32.2. The van der Waals surface area contributed by atoms with E-state index in [9.17, 15) is 18.3 Å². The topological polar surface area (TPSA) is 131 Å². The maximum atomic E-state index is 13.6. The van der Waals surface area contributed by atoms with Gasteiger partial charge in [-0.3, -0.25) is 4.79 Å². The molecule has 0 aromatic heterocycles. The van der Waals surface area contributed by atoms with E-state index in [1.165, 1.54) is 11.4 Å². The summed E-state index contributed by atoms with van der Waals surface area (Å²) in [4.78, 5) is 12.0. The van der Waals surface area contributed by atoms with Gasteiger partial charge in [-0.1, -0.05) is 30.3 Å². The van der Waals surface area contributed by atoms with E-state index in [1.54, 1.807) is 43.4 Å². The van der Waals surface area contributed by atoms with Gasteiger partial charge in [0.15, 0.2) is 0 Å². The number of sulfonamides is 1. The number of nitrogens with zero attached hydrogens (tertiary/aromatic N) is 1. The van der Waals surface area contributed by atoms with Gasteiger partial charge in [0.05, 0.1) is 31.5 Å². The van der Waals surface area contributed by atoms with Crippen LogP contribution in [0.3, 0.4) is 0 Å². The molecule has 0 spiro atoms. The van der Waals surface area contributed by atoms with E-state index in [2.05, 4.69) is 5.32 Å². The van der Waals surface area contributed by atoms with Crippen molar-refractivity contribution >= 4 is 27.4 Å². The van der Waals surface area contributed by atoms with Crippen LogP contribution in [0.1, 0.15) is 41.5 Å². The first kappa shape index (κ1) is 27.3. The minimum atomic E-state index is -3.82. The molecule has 0 bridgehead atoms. The molecule has 10 heteroatoms. The number of hydrogen-bond acceptors (Lipinski definition) is 7. The van der Waals surface area contributed by atoms with Gasteiger partial charge in [0.25, 0.3) is 0 Å². The Morgan fingerprint density at radius 1 is 1.21 bits per heavy atom. The van der Waals surface area contributed by atoms with Crippen LogP contribution >= 0.6 is 0 Å². The number of carboxylic acid groups (broad SMARTS) is 1. The third-order valence-corrected chi connectivity index (χ3v) is 8.64. The Bertz CT molecular complexity index is 1460. The number of carboxylic acids is 1. The lowest BCUT2D eigenvalue weighted by atomic mass is 9.86. The number of nitrogens with one attached hydrogen (secondary N) is 1. The highest BCUT2D eigenvalue weighted by molar-refractivity contribution is 7.89. The van der Waals surface area contributed by atoms with Crippen molar-refractivity contribution in [1.29, 1.82) is 0 Å². The fourth-order valence-electron chi connectivity index (χ4n) is 4.85. The number of benzene rings is 3. The largest absolute Gasteiger partial charge is 0.494 e. The van der Waals surface area contributed by atoms with E-state index >= 15 is 0 Å². The van der Waals surface area contributed by atoms with Gasteiger partial charge >= 0.3 is 5.97 Å². The third kappa shape index (κ3) is 5.41. The van der Waals surface area contributed by atoms with Crippen LogP contribution in [0.5, 0.6) is 11.5 Å². The van der Waals surface area contributed by atoms with E-state index in [4.69, 9.17) is 15.2 Å². The zero-order chi connectivity index (χ0) is 27.6. The molecule has 9 nitrogen and oxygen atoms in total. The van der Waals surface area contributed by atoms with Crippen molar-refractivity contribution in [2.24, 2.45) is 0 Å². The van der Waals surface area contributed by atoms with Crippen molar-refractivity contribution in [3.63, 3.8) is 0 Å². The minimum absolute atomic E-state index is 0.119. The van der Waals surface area contributed by atoms with E-state index in [1.807, 2.05) is 32.0 Å². The number of fused-ring (bicyclic) bond motifs is 1. The van der Waals surface area contributed by atoms with Crippen molar-refractivity contribution in [2.45, 2.75) is 43.7 Å². The number of ether oxygens (including phenoxy) is 2. The average molecular weight is 540 g/mol. The first-order valence-electron chi connectivity index (χ1n) is 12.3. The van der Waals surface area contributed by atoms with Crippen LogP contribution < -0.4 is 20.5 Å². The summed E-state index contributed by atoms with van der Waals surface area (Å²) in [6.45, 7) is 4.04. The van der Waals surface area contributed by atoms with Crippen LogP contribution in [0.15, 0.2) is 59.5 Å². The molecule has 1 aliphatic heterocycles. The molecule has 0 radical (unpaired) electrons. The van der Waals surface area contributed by atoms with Gasteiger partial charge < -0.3 is 25.6 Å². The molecule has 0 amide bonds. The van der Waals surface area contributed by atoms with Gasteiger partial charge in [0.1, 0.15) is 22.5 Å². The molecule has 3 aromatic rings. The summed E-state index contributed by atoms with van der Waals surface area (Å²) in [6.07, 6.45) is -0.526. The van der Waals surface area contributed by atoms with Crippen molar-refractivity contribution in [2.75, 3.05) is 31.8 Å². The Morgan fingerprint density at radius 2 is 1.95 bits per heavy atom. The molecule has 3 aromatic carbocycles. The molecule has 2 atom stereocenters. The molecule has 1 heterocycles. The van der Waals surface area contributed by atoms with Gasteiger partial charge in [0, 0.05) is 19.5 Å². The molecular formula is C28H33N3O6S. The fraction of sp³-hybridized carbons (Fsp3) is 0.321. The predicted octanol–water partition coefficient (Wildman–Crippen LogP) is 4.21. The summed E-state index contributed by atoms with van der Waals surface area (Å²) in [7, 11) is -0.560. The van der Waals surface area contributed by atoms with Crippen LogP contribution in [-0.4, -0.2) is 50.6 Å². The summed E-state index contributed by atoms with van der Waals surface area (Å²) in [5.41, 5.74) is 10.4. The number of rotatable bonds is 8.